The Bertz CT molecular complexity index is 942. The van der Waals surface area contributed by atoms with Gasteiger partial charge in [-0.3, -0.25) is 0 Å². The summed E-state index contributed by atoms with van der Waals surface area (Å²) >= 11 is 6.48. The molecule has 0 bridgehead atoms. The number of benzene rings is 1. The molecule has 8 nitrogen and oxygen atoms in total. The van der Waals surface area contributed by atoms with Gasteiger partial charge in [0.2, 0.25) is 0 Å². The summed E-state index contributed by atoms with van der Waals surface area (Å²) < 4.78 is 20.8. The van der Waals surface area contributed by atoms with Gasteiger partial charge in [0.15, 0.2) is 5.11 Å². The highest BCUT2D eigenvalue weighted by atomic mass is 32.1. The molecule has 0 aliphatic rings. The minimum atomic E-state index is -0.550. The molecule has 1 aromatic heterocycles. The Balaban J connectivity index is 2.34. The van der Waals surface area contributed by atoms with Gasteiger partial charge in [0.05, 0.1) is 38.7 Å². The predicted molar refractivity (Wildman–Crippen MR) is 120 cm³/mol. The molecule has 1 heterocycles. The number of nitrogens with one attached hydrogen (secondary N) is 2. The Hall–Kier alpha value is -2.85. The van der Waals surface area contributed by atoms with Crippen molar-refractivity contribution < 1.29 is 28.5 Å². The van der Waals surface area contributed by atoms with E-state index in [0.717, 1.165) is 11.3 Å². The molecule has 2 aromatic rings. The summed E-state index contributed by atoms with van der Waals surface area (Å²) in [6, 6.07) is 5.22. The second-order valence-corrected chi connectivity index (χ2v) is 7.28. The number of esters is 2. The van der Waals surface area contributed by atoms with Crippen LogP contribution in [0.1, 0.15) is 39.4 Å². The van der Waals surface area contributed by atoms with Gasteiger partial charge in [0.1, 0.15) is 21.4 Å². The van der Waals surface area contributed by atoms with E-state index in [1.54, 1.807) is 46.1 Å². The van der Waals surface area contributed by atoms with E-state index in [-0.39, 0.29) is 23.9 Å². The van der Waals surface area contributed by atoms with Gasteiger partial charge >= 0.3 is 11.9 Å². The normalized spacial score (nSPS) is 10.2. The Morgan fingerprint density at radius 1 is 1.03 bits per heavy atom. The monoisotopic (exact) mass is 452 g/mol. The number of thiophene rings is 1. The highest BCUT2D eigenvalue weighted by Crippen LogP contribution is 2.35. The first kappa shape index (κ1) is 23.4. The lowest BCUT2D eigenvalue weighted by Gasteiger charge is -2.14. The number of methoxy groups -OCH3 is 2. The van der Waals surface area contributed by atoms with Crippen LogP contribution in [-0.2, 0) is 9.47 Å². The van der Waals surface area contributed by atoms with Crippen LogP contribution in [-0.4, -0.2) is 44.5 Å². The molecule has 0 amide bonds. The van der Waals surface area contributed by atoms with Crippen LogP contribution >= 0.6 is 23.6 Å². The summed E-state index contributed by atoms with van der Waals surface area (Å²) in [5.41, 5.74) is 1.29. The van der Waals surface area contributed by atoms with Gasteiger partial charge in [-0.1, -0.05) is 0 Å². The summed E-state index contributed by atoms with van der Waals surface area (Å²) in [6.45, 7) is 5.52. The number of carbonyl (C=O) groups is 2. The number of carbonyl (C=O) groups excluding carboxylic acids is 2. The molecule has 0 spiro atoms. The van der Waals surface area contributed by atoms with Crippen LogP contribution in [0.5, 0.6) is 11.5 Å². The molecule has 0 radical (unpaired) electrons. The number of anilines is 2. The van der Waals surface area contributed by atoms with Crippen molar-refractivity contribution in [2.24, 2.45) is 0 Å². The van der Waals surface area contributed by atoms with Gasteiger partial charge in [-0.2, -0.15) is 0 Å². The molecule has 1 aromatic carbocycles. The lowest BCUT2D eigenvalue weighted by molar-refractivity contribution is 0.0527. The summed E-state index contributed by atoms with van der Waals surface area (Å²) in [6.07, 6.45) is 0. The van der Waals surface area contributed by atoms with E-state index in [9.17, 15) is 9.59 Å². The average Bonchev–Trinajstić information content (AvgIpc) is 3.04. The molecule has 0 aliphatic heterocycles. The van der Waals surface area contributed by atoms with Crippen LogP contribution in [0.25, 0.3) is 0 Å². The molecule has 0 aliphatic carbocycles. The number of ether oxygens (including phenoxy) is 4. The van der Waals surface area contributed by atoms with Crippen LogP contribution in [0.4, 0.5) is 10.7 Å². The van der Waals surface area contributed by atoms with Crippen molar-refractivity contribution in [1.82, 2.24) is 0 Å². The van der Waals surface area contributed by atoms with Crippen LogP contribution < -0.4 is 20.1 Å². The minimum absolute atomic E-state index is 0.198. The smallest absolute Gasteiger partial charge is 0.348 e. The maximum Gasteiger partial charge on any atom is 0.348 e. The molecule has 2 rings (SSSR count). The van der Waals surface area contributed by atoms with Gasteiger partial charge in [0.25, 0.3) is 0 Å². The topological polar surface area (TPSA) is 95.1 Å². The fourth-order valence-electron chi connectivity index (χ4n) is 2.61. The van der Waals surface area contributed by atoms with Gasteiger partial charge in [-0.15, -0.1) is 11.3 Å². The van der Waals surface area contributed by atoms with Crippen LogP contribution in [0, 0.1) is 6.92 Å². The van der Waals surface area contributed by atoms with Crippen molar-refractivity contribution in [3.05, 3.63) is 34.2 Å². The van der Waals surface area contributed by atoms with Crippen LogP contribution in [0.2, 0.25) is 0 Å². The second-order valence-electron chi connectivity index (χ2n) is 5.85. The molecule has 30 heavy (non-hydrogen) atoms. The van der Waals surface area contributed by atoms with Crippen molar-refractivity contribution in [2.45, 2.75) is 20.8 Å². The molecule has 0 saturated heterocycles. The number of hydrogen-bond donors (Lipinski definition) is 2. The van der Waals surface area contributed by atoms with E-state index in [1.165, 1.54) is 7.11 Å². The highest BCUT2D eigenvalue weighted by molar-refractivity contribution is 7.80. The third kappa shape index (κ3) is 5.39. The molecular weight excluding hydrogens is 428 g/mol. The Morgan fingerprint density at radius 2 is 1.70 bits per heavy atom. The first-order chi connectivity index (χ1) is 14.4. The van der Waals surface area contributed by atoms with Crippen LogP contribution in [0.3, 0.4) is 0 Å². The van der Waals surface area contributed by atoms with E-state index < -0.39 is 11.9 Å². The zero-order valence-electron chi connectivity index (χ0n) is 17.4. The second kappa shape index (κ2) is 10.8. The van der Waals surface area contributed by atoms with Crippen LogP contribution in [0.15, 0.2) is 18.2 Å². The molecule has 10 heteroatoms. The standard InChI is InChI=1S/C20H24N2O6S2/c1-6-27-18(23)15-11(3)16(19(24)28-7-2)30-17(15)22-20(29)21-13-10-12(25-4)8-9-14(13)26-5/h8-10H,6-7H2,1-5H3,(H2,21,22,29). The summed E-state index contributed by atoms with van der Waals surface area (Å²) in [5, 5.41) is 6.58. The SMILES string of the molecule is CCOC(=O)c1sc(NC(=S)Nc2cc(OC)ccc2OC)c(C(=O)OCC)c1C. The highest BCUT2D eigenvalue weighted by Gasteiger charge is 2.27. The maximum absolute atomic E-state index is 12.5. The lowest BCUT2D eigenvalue weighted by Crippen LogP contribution is -2.20. The van der Waals surface area contributed by atoms with E-state index in [1.807, 2.05) is 0 Å². The quantitative estimate of drug-likeness (QED) is 0.450. The molecule has 0 fully saturated rings. The first-order valence-electron chi connectivity index (χ1n) is 9.13. The molecule has 0 saturated carbocycles. The third-order valence-corrected chi connectivity index (χ3v) is 5.36. The minimum Gasteiger partial charge on any atom is -0.497 e. The zero-order valence-corrected chi connectivity index (χ0v) is 19.0. The Morgan fingerprint density at radius 3 is 2.30 bits per heavy atom. The van der Waals surface area contributed by atoms with Gasteiger partial charge in [-0.05, 0) is 50.7 Å². The molecular formula is C20H24N2O6S2. The number of hydrogen-bond acceptors (Lipinski definition) is 8. The van der Waals surface area contributed by atoms with Crippen molar-refractivity contribution >= 4 is 51.3 Å². The fourth-order valence-corrected chi connectivity index (χ4v) is 3.98. The summed E-state index contributed by atoms with van der Waals surface area (Å²) in [4.78, 5) is 25.1. The predicted octanol–water partition coefficient (Wildman–Crippen LogP) is 4.24. The third-order valence-electron chi connectivity index (χ3n) is 3.97. The van der Waals surface area contributed by atoms with E-state index in [0.29, 0.717) is 32.6 Å². The van der Waals surface area contributed by atoms with Crippen molar-refractivity contribution in [3.8, 4) is 11.5 Å². The average molecular weight is 453 g/mol. The van der Waals surface area contributed by atoms with Gasteiger partial charge in [-0.25, -0.2) is 9.59 Å². The maximum atomic E-state index is 12.5. The largest absolute Gasteiger partial charge is 0.497 e. The van der Waals surface area contributed by atoms with Gasteiger partial charge < -0.3 is 29.6 Å². The summed E-state index contributed by atoms with van der Waals surface area (Å²) in [7, 11) is 3.09. The van der Waals surface area contributed by atoms with E-state index in [2.05, 4.69) is 10.6 Å². The van der Waals surface area contributed by atoms with Crippen molar-refractivity contribution in [3.63, 3.8) is 0 Å². The first-order valence-corrected chi connectivity index (χ1v) is 10.4. The number of thiocarbonyl (C=S) groups is 1. The summed E-state index contributed by atoms with van der Waals surface area (Å²) in [5.74, 6) is 0.114. The van der Waals surface area contributed by atoms with E-state index >= 15 is 0 Å². The van der Waals surface area contributed by atoms with Crippen molar-refractivity contribution in [2.75, 3.05) is 38.1 Å². The fraction of sp³-hybridized carbons (Fsp3) is 0.350. The number of rotatable bonds is 8. The molecule has 2 N–H and O–H groups in total. The molecule has 0 atom stereocenters. The van der Waals surface area contributed by atoms with Crippen molar-refractivity contribution in [1.29, 1.82) is 0 Å². The molecule has 0 unspecified atom stereocenters. The lowest BCUT2D eigenvalue weighted by atomic mass is 10.1. The van der Waals surface area contributed by atoms with E-state index in [4.69, 9.17) is 31.2 Å². The zero-order chi connectivity index (χ0) is 22.3. The molecule has 162 valence electrons. The Kier molecular flexibility index (Phi) is 8.43. The Labute approximate surface area is 184 Å². The van der Waals surface area contributed by atoms with Gasteiger partial charge in [0, 0.05) is 6.07 Å².